The number of benzene rings is 2. The topological polar surface area (TPSA) is 33.6 Å². The van der Waals surface area contributed by atoms with Gasteiger partial charge in [-0.05, 0) is 36.6 Å². The number of oxime groups is 1. The van der Waals surface area contributed by atoms with E-state index >= 15 is 0 Å². The lowest BCUT2D eigenvalue weighted by molar-refractivity contribution is -0.00741. The molecule has 4 rings (SSSR count). The Bertz CT molecular complexity index is 820. The van der Waals surface area contributed by atoms with Gasteiger partial charge in [0.15, 0.2) is 5.60 Å². The molecule has 130 valence electrons. The van der Waals surface area contributed by atoms with Crippen LogP contribution in [-0.4, -0.2) is 18.8 Å². The Labute approximate surface area is 158 Å². The first kappa shape index (κ1) is 16.9. The Morgan fingerprint density at radius 2 is 1.88 bits per heavy atom. The molecule has 1 N–H and O–H groups in total. The molecule has 0 radical (unpaired) electrons. The second-order valence-corrected chi connectivity index (χ2v) is 7.89. The molecule has 0 bridgehead atoms. The first-order valence-corrected chi connectivity index (χ1v) is 9.24. The molecule has 5 heteroatoms. The van der Waals surface area contributed by atoms with Crippen LogP contribution in [0.25, 0.3) is 0 Å². The second-order valence-electron chi connectivity index (χ2n) is 7.10. The molecule has 0 amide bonds. The number of hydrogen-bond acceptors (Lipinski definition) is 3. The van der Waals surface area contributed by atoms with Crippen LogP contribution >= 0.6 is 23.2 Å². The zero-order chi connectivity index (χ0) is 17.6. The first-order chi connectivity index (χ1) is 12.0. The van der Waals surface area contributed by atoms with E-state index in [1.807, 2.05) is 26.0 Å². The molecule has 1 fully saturated rings. The van der Waals surface area contributed by atoms with Gasteiger partial charge in [-0.15, -0.1) is 0 Å². The van der Waals surface area contributed by atoms with Crippen LogP contribution in [0.5, 0.6) is 0 Å². The molecule has 1 saturated heterocycles. The van der Waals surface area contributed by atoms with E-state index in [4.69, 9.17) is 28.0 Å². The van der Waals surface area contributed by atoms with Gasteiger partial charge < -0.3 is 10.2 Å². The summed E-state index contributed by atoms with van der Waals surface area (Å²) in [5, 5.41) is 8.80. The monoisotopic (exact) mass is 374 g/mol. The molecular weight excluding hydrogens is 355 g/mol. The van der Waals surface area contributed by atoms with E-state index in [1.54, 1.807) is 0 Å². The molecule has 2 aromatic carbocycles. The zero-order valence-corrected chi connectivity index (χ0v) is 15.8. The summed E-state index contributed by atoms with van der Waals surface area (Å²) in [6, 6.07) is 12.6. The van der Waals surface area contributed by atoms with Crippen molar-refractivity contribution in [2.24, 2.45) is 5.16 Å². The van der Waals surface area contributed by atoms with Gasteiger partial charge in [-0.1, -0.05) is 58.7 Å². The summed E-state index contributed by atoms with van der Waals surface area (Å²) in [5.41, 5.74) is 4.87. The largest absolute Gasteiger partial charge is 0.384 e. The van der Waals surface area contributed by atoms with Crippen LogP contribution in [0.1, 0.15) is 41.5 Å². The van der Waals surface area contributed by atoms with Gasteiger partial charge >= 0.3 is 0 Å². The smallest absolute Gasteiger partial charge is 0.165 e. The molecular formula is C20H20Cl2N2O. The Balaban J connectivity index is 1.55. The molecule has 2 aliphatic rings. The third kappa shape index (κ3) is 3.05. The van der Waals surface area contributed by atoms with Crippen LogP contribution in [0.15, 0.2) is 41.6 Å². The van der Waals surface area contributed by atoms with Gasteiger partial charge in [-0.2, -0.15) is 0 Å². The van der Waals surface area contributed by atoms with Gasteiger partial charge in [0.1, 0.15) is 0 Å². The minimum atomic E-state index is -0.523. The van der Waals surface area contributed by atoms with E-state index in [0.717, 1.165) is 35.5 Å². The number of rotatable bonds is 3. The van der Waals surface area contributed by atoms with E-state index in [9.17, 15) is 0 Å². The summed E-state index contributed by atoms with van der Waals surface area (Å²) in [5.74, 6) is 0.639. The number of nitrogens with one attached hydrogen (secondary N) is 1. The van der Waals surface area contributed by atoms with Gasteiger partial charge in [0.25, 0.3) is 0 Å². The van der Waals surface area contributed by atoms with Gasteiger partial charge in [0, 0.05) is 31.0 Å². The Hall–Kier alpha value is -1.55. The quantitative estimate of drug-likeness (QED) is 0.817. The average Bonchev–Trinajstić information content (AvgIpc) is 2.95. The van der Waals surface area contributed by atoms with Gasteiger partial charge in [-0.25, -0.2) is 0 Å². The standard InChI is InChI=1S/C20H20Cl2N2O/c1-12-7-16(8-17(21)19(12)22)20(2)9-18(24-25-20)14-5-3-13(4-6-14)15-10-23-11-15/h3-8,15,23H,9-11H2,1-2H3. The summed E-state index contributed by atoms with van der Waals surface area (Å²) in [7, 11) is 0. The Kier molecular flexibility index (Phi) is 4.27. The third-order valence-electron chi connectivity index (χ3n) is 5.18. The maximum absolute atomic E-state index is 6.25. The van der Waals surface area contributed by atoms with Crippen LogP contribution in [-0.2, 0) is 10.4 Å². The lowest BCUT2D eigenvalue weighted by Gasteiger charge is -2.27. The highest BCUT2D eigenvalue weighted by atomic mass is 35.5. The van der Waals surface area contributed by atoms with Crippen molar-refractivity contribution in [2.45, 2.75) is 31.8 Å². The Morgan fingerprint density at radius 3 is 2.48 bits per heavy atom. The van der Waals surface area contributed by atoms with Gasteiger partial charge in [-0.3, -0.25) is 0 Å². The fraction of sp³-hybridized carbons (Fsp3) is 0.350. The highest BCUT2D eigenvalue weighted by Crippen LogP contribution is 2.39. The second kappa shape index (κ2) is 6.31. The van der Waals surface area contributed by atoms with Crippen molar-refractivity contribution in [3.05, 3.63) is 68.7 Å². The van der Waals surface area contributed by atoms with Crippen LogP contribution in [0.4, 0.5) is 0 Å². The van der Waals surface area contributed by atoms with Crippen molar-refractivity contribution in [3.8, 4) is 0 Å². The maximum atomic E-state index is 6.25. The summed E-state index contributed by atoms with van der Waals surface area (Å²) in [6.45, 7) is 6.12. The van der Waals surface area contributed by atoms with Gasteiger partial charge in [0.2, 0.25) is 0 Å². The summed E-state index contributed by atoms with van der Waals surface area (Å²) in [6.07, 6.45) is 0.703. The maximum Gasteiger partial charge on any atom is 0.165 e. The predicted molar refractivity (Wildman–Crippen MR) is 103 cm³/mol. The number of halogens is 2. The van der Waals surface area contributed by atoms with Crippen molar-refractivity contribution in [3.63, 3.8) is 0 Å². The van der Waals surface area contributed by atoms with E-state index in [0.29, 0.717) is 22.4 Å². The lowest BCUT2D eigenvalue weighted by Crippen LogP contribution is -2.39. The lowest BCUT2D eigenvalue weighted by atomic mass is 9.87. The first-order valence-electron chi connectivity index (χ1n) is 8.48. The number of nitrogens with zero attached hydrogens (tertiary/aromatic N) is 1. The highest BCUT2D eigenvalue weighted by Gasteiger charge is 2.37. The zero-order valence-electron chi connectivity index (χ0n) is 14.3. The Morgan fingerprint density at radius 1 is 1.16 bits per heavy atom. The molecule has 25 heavy (non-hydrogen) atoms. The van der Waals surface area contributed by atoms with Crippen molar-refractivity contribution in [1.29, 1.82) is 0 Å². The van der Waals surface area contributed by atoms with E-state index in [2.05, 4.69) is 34.7 Å². The molecule has 0 spiro atoms. The molecule has 0 aromatic heterocycles. The van der Waals surface area contributed by atoms with Gasteiger partial charge in [0.05, 0.1) is 15.8 Å². The molecule has 0 aliphatic carbocycles. The minimum absolute atomic E-state index is 0.523. The number of aryl methyl sites for hydroxylation is 1. The SMILES string of the molecule is Cc1cc(C2(C)CC(c3ccc(C4CNC4)cc3)=NO2)cc(Cl)c1Cl. The van der Waals surface area contributed by atoms with Crippen LogP contribution < -0.4 is 5.32 Å². The molecule has 2 aliphatic heterocycles. The van der Waals surface area contributed by atoms with Crippen molar-refractivity contribution in [1.82, 2.24) is 5.32 Å². The summed E-state index contributed by atoms with van der Waals surface area (Å²) < 4.78 is 0. The van der Waals surface area contributed by atoms with E-state index < -0.39 is 5.60 Å². The minimum Gasteiger partial charge on any atom is -0.384 e. The molecule has 0 saturated carbocycles. The van der Waals surface area contributed by atoms with E-state index in [1.165, 1.54) is 5.56 Å². The highest BCUT2D eigenvalue weighted by molar-refractivity contribution is 6.42. The van der Waals surface area contributed by atoms with Crippen molar-refractivity contribution in [2.75, 3.05) is 13.1 Å². The molecule has 2 heterocycles. The molecule has 1 atom stereocenters. The third-order valence-corrected chi connectivity index (χ3v) is 6.08. The summed E-state index contributed by atoms with van der Waals surface area (Å²) >= 11 is 12.4. The summed E-state index contributed by atoms with van der Waals surface area (Å²) in [4.78, 5) is 5.83. The predicted octanol–water partition coefficient (Wildman–Crippen LogP) is 5.03. The normalized spacial score (nSPS) is 23.1. The molecule has 2 aromatic rings. The van der Waals surface area contributed by atoms with Crippen molar-refractivity contribution >= 4 is 28.9 Å². The van der Waals surface area contributed by atoms with Crippen LogP contribution in [0.2, 0.25) is 10.0 Å². The van der Waals surface area contributed by atoms with Crippen LogP contribution in [0.3, 0.4) is 0 Å². The van der Waals surface area contributed by atoms with E-state index in [-0.39, 0.29) is 0 Å². The average molecular weight is 375 g/mol. The number of hydrogen-bond donors (Lipinski definition) is 1. The molecule has 3 nitrogen and oxygen atoms in total. The van der Waals surface area contributed by atoms with Crippen LogP contribution in [0, 0.1) is 6.92 Å². The molecule has 1 unspecified atom stereocenters. The fourth-order valence-corrected chi connectivity index (χ4v) is 3.73. The fourth-order valence-electron chi connectivity index (χ4n) is 3.35. The van der Waals surface area contributed by atoms with Crippen molar-refractivity contribution < 1.29 is 4.84 Å².